The number of nitrogens with one attached hydrogen (secondary N) is 2. The molecule has 2 N–H and O–H groups in total. The van der Waals surface area contributed by atoms with Crippen LogP contribution in [-0.2, 0) is 6.54 Å². The van der Waals surface area contributed by atoms with Crippen LogP contribution in [-0.4, -0.2) is 46.2 Å². The molecule has 0 aliphatic carbocycles. The third kappa shape index (κ3) is 4.83. The minimum Gasteiger partial charge on any atom is -0.335 e. The maximum Gasteiger partial charge on any atom is 0.319 e. The van der Waals surface area contributed by atoms with Crippen LogP contribution in [0.1, 0.15) is 12.8 Å². The van der Waals surface area contributed by atoms with Gasteiger partial charge in [-0.25, -0.2) is 9.18 Å². The maximum absolute atomic E-state index is 13.6. The van der Waals surface area contributed by atoms with E-state index in [9.17, 15) is 14.0 Å². The smallest absolute Gasteiger partial charge is 0.319 e. The molecular weight excluding hydrogens is 385 g/mol. The summed E-state index contributed by atoms with van der Waals surface area (Å²) < 4.78 is 15.2. The van der Waals surface area contributed by atoms with Crippen LogP contribution in [0.3, 0.4) is 0 Å². The number of nitrogens with zero attached hydrogens (tertiary/aromatic N) is 3. The van der Waals surface area contributed by atoms with Crippen molar-refractivity contribution in [2.45, 2.75) is 25.4 Å². The Morgan fingerprint density at radius 1 is 1.10 bits per heavy atom. The van der Waals surface area contributed by atoms with E-state index in [2.05, 4.69) is 20.5 Å². The van der Waals surface area contributed by atoms with Crippen LogP contribution in [0.15, 0.2) is 59.5 Å². The molecule has 1 aliphatic rings. The van der Waals surface area contributed by atoms with Gasteiger partial charge in [0.2, 0.25) is 0 Å². The molecule has 8 heteroatoms. The second-order valence-corrected chi connectivity index (χ2v) is 7.46. The first kappa shape index (κ1) is 20.0. The number of benzene rings is 1. The normalized spacial score (nSPS) is 15.2. The molecule has 3 aromatic rings. The van der Waals surface area contributed by atoms with Crippen LogP contribution >= 0.6 is 0 Å². The standard InChI is InChI=1S/C22H24FN5O2/c23-16-14-20-19(24-15-16)6-7-21(29)28(20)13-12-27-10-8-18(9-11-27)26-22(30)25-17-4-2-1-3-5-17/h1-7,14-15,18H,8-13H2,(H2,25,26,30). The molecule has 1 aromatic carbocycles. The Bertz CT molecular complexity index is 1080. The zero-order chi connectivity index (χ0) is 20.9. The van der Waals surface area contributed by atoms with Crippen LogP contribution < -0.4 is 16.2 Å². The molecule has 2 amide bonds. The number of pyridine rings is 2. The molecular formula is C22H24FN5O2. The minimum absolute atomic E-state index is 0.114. The number of likely N-dealkylation sites (tertiary alicyclic amines) is 1. The van der Waals surface area contributed by atoms with Gasteiger partial charge in [0, 0.05) is 50.0 Å². The third-order valence-electron chi connectivity index (χ3n) is 5.40. The van der Waals surface area contributed by atoms with E-state index in [4.69, 9.17) is 0 Å². The number of carbonyl (C=O) groups is 1. The van der Waals surface area contributed by atoms with Crippen molar-refractivity contribution in [3.05, 3.63) is 70.9 Å². The number of fused-ring (bicyclic) bond motifs is 1. The maximum atomic E-state index is 13.6. The number of anilines is 1. The Labute approximate surface area is 173 Å². The van der Waals surface area contributed by atoms with Crippen molar-refractivity contribution in [2.24, 2.45) is 0 Å². The SMILES string of the molecule is O=C(Nc1ccccc1)NC1CCN(CCn2c(=O)ccc3ncc(F)cc32)CC1. The Morgan fingerprint density at radius 3 is 2.63 bits per heavy atom. The quantitative estimate of drug-likeness (QED) is 0.679. The summed E-state index contributed by atoms with van der Waals surface area (Å²) in [5, 5.41) is 5.86. The molecule has 0 unspecified atom stereocenters. The van der Waals surface area contributed by atoms with Crippen molar-refractivity contribution in [1.29, 1.82) is 0 Å². The summed E-state index contributed by atoms with van der Waals surface area (Å²) in [6.45, 7) is 2.79. The summed E-state index contributed by atoms with van der Waals surface area (Å²) in [5.41, 5.74) is 1.71. The Balaban J connectivity index is 1.29. The highest BCUT2D eigenvalue weighted by molar-refractivity contribution is 5.89. The fourth-order valence-electron chi connectivity index (χ4n) is 3.79. The van der Waals surface area contributed by atoms with Gasteiger partial charge in [-0.2, -0.15) is 0 Å². The highest BCUT2D eigenvalue weighted by Crippen LogP contribution is 2.13. The average molecular weight is 409 g/mol. The monoisotopic (exact) mass is 409 g/mol. The molecule has 0 spiro atoms. The van der Waals surface area contributed by atoms with Crippen molar-refractivity contribution in [1.82, 2.24) is 19.8 Å². The molecule has 1 saturated heterocycles. The van der Waals surface area contributed by atoms with Crippen molar-refractivity contribution in [2.75, 3.05) is 25.0 Å². The molecule has 1 fully saturated rings. The Kier molecular flexibility index (Phi) is 6.04. The van der Waals surface area contributed by atoms with E-state index in [-0.39, 0.29) is 17.6 Å². The molecule has 4 rings (SSSR count). The van der Waals surface area contributed by atoms with E-state index in [0.29, 0.717) is 24.1 Å². The lowest BCUT2D eigenvalue weighted by molar-refractivity contribution is 0.191. The first-order valence-electron chi connectivity index (χ1n) is 10.1. The summed E-state index contributed by atoms with van der Waals surface area (Å²) >= 11 is 0. The van der Waals surface area contributed by atoms with Crippen molar-refractivity contribution >= 4 is 22.8 Å². The van der Waals surface area contributed by atoms with Crippen LogP contribution in [0.2, 0.25) is 0 Å². The lowest BCUT2D eigenvalue weighted by Crippen LogP contribution is -2.46. The minimum atomic E-state index is -0.456. The van der Waals surface area contributed by atoms with E-state index in [1.54, 1.807) is 10.6 Å². The Morgan fingerprint density at radius 2 is 1.87 bits per heavy atom. The Hall–Kier alpha value is -3.26. The first-order chi connectivity index (χ1) is 14.6. The second kappa shape index (κ2) is 9.04. The summed E-state index contributed by atoms with van der Waals surface area (Å²) in [4.78, 5) is 30.7. The van der Waals surface area contributed by atoms with E-state index < -0.39 is 5.82 Å². The van der Waals surface area contributed by atoms with Gasteiger partial charge in [0.1, 0.15) is 5.82 Å². The van der Waals surface area contributed by atoms with Gasteiger partial charge in [0.05, 0.1) is 17.2 Å². The molecule has 0 atom stereocenters. The van der Waals surface area contributed by atoms with Gasteiger partial charge in [0.15, 0.2) is 0 Å². The molecule has 3 heterocycles. The summed E-state index contributed by atoms with van der Waals surface area (Å²) in [5.74, 6) is -0.456. The molecule has 1 aliphatic heterocycles. The highest BCUT2D eigenvalue weighted by Gasteiger charge is 2.21. The van der Waals surface area contributed by atoms with Crippen molar-refractivity contribution in [3.63, 3.8) is 0 Å². The fraction of sp³-hybridized carbons (Fsp3) is 0.318. The molecule has 7 nitrogen and oxygen atoms in total. The molecule has 30 heavy (non-hydrogen) atoms. The van der Waals surface area contributed by atoms with Crippen molar-refractivity contribution < 1.29 is 9.18 Å². The number of carbonyl (C=O) groups excluding carboxylic acids is 1. The summed E-state index contributed by atoms with van der Waals surface area (Å²) in [6, 6.07) is 13.7. The van der Waals surface area contributed by atoms with Gasteiger partial charge in [0.25, 0.3) is 5.56 Å². The number of hydrogen-bond acceptors (Lipinski definition) is 4. The van der Waals surface area contributed by atoms with Crippen LogP contribution in [0.25, 0.3) is 11.0 Å². The van der Waals surface area contributed by atoms with E-state index in [0.717, 1.165) is 37.8 Å². The van der Waals surface area contributed by atoms with Gasteiger partial charge in [-0.15, -0.1) is 0 Å². The van der Waals surface area contributed by atoms with Crippen LogP contribution in [0, 0.1) is 5.82 Å². The predicted molar refractivity (Wildman–Crippen MR) is 114 cm³/mol. The largest absolute Gasteiger partial charge is 0.335 e. The number of urea groups is 1. The summed E-state index contributed by atoms with van der Waals surface area (Å²) in [7, 11) is 0. The average Bonchev–Trinajstić information content (AvgIpc) is 2.75. The molecule has 0 bridgehead atoms. The van der Waals surface area contributed by atoms with E-state index in [1.807, 2.05) is 30.3 Å². The number of piperidine rings is 1. The van der Waals surface area contributed by atoms with E-state index in [1.165, 1.54) is 12.1 Å². The van der Waals surface area contributed by atoms with Gasteiger partial charge < -0.3 is 20.1 Å². The zero-order valence-corrected chi connectivity index (χ0v) is 16.6. The molecule has 2 aromatic heterocycles. The lowest BCUT2D eigenvalue weighted by atomic mass is 10.1. The fourth-order valence-corrected chi connectivity index (χ4v) is 3.79. The van der Waals surface area contributed by atoms with Gasteiger partial charge in [-0.3, -0.25) is 9.78 Å². The third-order valence-corrected chi connectivity index (χ3v) is 5.40. The lowest BCUT2D eigenvalue weighted by Gasteiger charge is -2.32. The predicted octanol–water partition coefficient (Wildman–Crippen LogP) is 2.82. The van der Waals surface area contributed by atoms with Crippen LogP contribution in [0.4, 0.5) is 14.9 Å². The van der Waals surface area contributed by atoms with Gasteiger partial charge >= 0.3 is 6.03 Å². The number of hydrogen-bond donors (Lipinski definition) is 2. The first-order valence-corrected chi connectivity index (χ1v) is 10.1. The second-order valence-electron chi connectivity index (χ2n) is 7.46. The highest BCUT2D eigenvalue weighted by atomic mass is 19.1. The number of amides is 2. The number of aromatic nitrogens is 2. The molecule has 0 saturated carbocycles. The van der Waals surface area contributed by atoms with Gasteiger partial charge in [-0.05, 0) is 31.0 Å². The van der Waals surface area contributed by atoms with Crippen molar-refractivity contribution in [3.8, 4) is 0 Å². The number of para-hydroxylation sites is 1. The zero-order valence-electron chi connectivity index (χ0n) is 16.6. The molecule has 156 valence electrons. The summed E-state index contributed by atoms with van der Waals surface area (Å²) in [6.07, 6.45) is 2.83. The molecule has 0 radical (unpaired) electrons. The van der Waals surface area contributed by atoms with Crippen LogP contribution in [0.5, 0.6) is 0 Å². The number of rotatable bonds is 5. The number of halogens is 1. The topological polar surface area (TPSA) is 79.3 Å². The van der Waals surface area contributed by atoms with Gasteiger partial charge in [-0.1, -0.05) is 18.2 Å². The van der Waals surface area contributed by atoms with E-state index >= 15 is 0 Å².